The highest BCUT2D eigenvalue weighted by Gasteiger charge is 2.34. The number of nitro groups is 1. The van der Waals surface area contributed by atoms with Crippen molar-refractivity contribution in [2.75, 3.05) is 4.90 Å². The first-order valence-corrected chi connectivity index (χ1v) is 8.83. The number of benzene rings is 2. The van der Waals surface area contributed by atoms with E-state index in [0.717, 1.165) is 11.8 Å². The Morgan fingerprint density at radius 2 is 1.92 bits per heavy atom. The van der Waals surface area contributed by atoms with Gasteiger partial charge in [-0.05, 0) is 30.3 Å². The van der Waals surface area contributed by atoms with Crippen LogP contribution in [0.5, 0.6) is 0 Å². The lowest BCUT2D eigenvalue weighted by atomic mass is 10.1. The van der Waals surface area contributed by atoms with E-state index < -0.39 is 10.8 Å². The summed E-state index contributed by atoms with van der Waals surface area (Å²) in [5.74, 6) is -0.391. The Morgan fingerprint density at radius 3 is 2.60 bits per heavy atom. The van der Waals surface area contributed by atoms with Crippen molar-refractivity contribution in [2.45, 2.75) is 0 Å². The van der Waals surface area contributed by atoms with Crippen LogP contribution in [0.4, 0.5) is 11.4 Å². The van der Waals surface area contributed by atoms with Crippen molar-refractivity contribution in [1.29, 1.82) is 0 Å². The molecule has 0 unspecified atom stereocenters. The summed E-state index contributed by atoms with van der Waals surface area (Å²) >= 11 is 18.4. The van der Waals surface area contributed by atoms with Crippen molar-refractivity contribution in [2.24, 2.45) is 0 Å². The van der Waals surface area contributed by atoms with E-state index in [0.29, 0.717) is 20.6 Å². The van der Waals surface area contributed by atoms with E-state index in [-0.39, 0.29) is 15.6 Å². The monoisotopic (exact) mass is 410 g/mol. The Labute approximate surface area is 162 Å². The summed E-state index contributed by atoms with van der Waals surface area (Å²) < 4.78 is 0.291. The maximum atomic E-state index is 12.7. The maximum Gasteiger partial charge on any atom is 0.276 e. The Kier molecular flexibility index (Phi) is 5.10. The van der Waals surface area contributed by atoms with E-state index in [1.165, 1.54) is 23.1 Å². The molecule has 0 atom stereocenters. The highest BCUT2D eigenvalue weighted by molar-refractivity contribution is 8.27. The summed E-state index contributed by atoms with van der Waals surface area (Å²) in [5.41, 5.74) is 0.659. The molecule has 126 valence electrons. The van der Waals surface area contributed by atoms with Gasteiger partial charge in [0.1, 0.15) is 0 Å². The van der Waals surface area contributed by atoms with Gasteiger partial charge in [0, 0.05) is 11.1 Å². The molecule has 1 saturated heterocycles. The van der Waals surface area contributed by atoms with Crippen LogP contribution < -0.4 is 4.90 Å². The minimum absolute atomic E-state index is 0.0858. The number of halogens is 2. The molecule has 0 N–H and O–H groups in total. The standard InChI is InChI=1S/C16H8Cl2N2O3S2/c17-10-5-6-13(11(18)8-10)19-15(21)14(25-16(19)24)7-9-3-1-2-4-12(9)20(22)23/h1-8H. The average molecular weight is 411 g/mol. The quantitative estimate of drug-likeness (QED) is 0.297. The summed E-state index contributed by atoms with van der Waals surface area (Å²) in [6.45, 7) is 0. The molecule has 25 heavy (non-hydrogen) atoms. The van der Waals surface area contributed by atoms with Crippen LogP contribution in [0.2, 0.25) is 10.0 Å². The highest BCUT2D eigenvalue weighted by Crippen LogP contribution is 2.40. The van der Waals surface area contributed by atoms with Gasteiger partial charge >= 0.3 is 0 Å². The van der Waals surface area contributed by atoms with E-state index in [1.54, 1.807) is 30.3 Å². The van der Waals surface area contributed by atoms with Crippen molar-refractivity contribution < 1.29 is 9.72 Å². The first kappa shape index (κ1) is 17.9. The van der Waals surface area contributed by atoms with Crippen LogP contribution in [0, 0.1) is 10.1 Å². The molecule has 1 fully saturated rings. The molecule has 1 aliphatic heterocycles. The van der Waals surface area contributed by atoms with Gasteiger partial charge in [-0.15, -0.1) is 0 Å². The summed E-state index contributed by atoms with van der Waals surface area (Å²) in [7, 11) is 0. The number of amides is 1. The Bertz CT molecular complexity index is 947. The lowest BCUT2D eigenvalue weighted by Crippen LogP contribution is -2.27. The molecule has 0 aromatic heterocycles. The number of carbonyl (C=O) groups excluding carboxylic acids is 1. The maximum absolute atomic E-state index is 12.7. The van der Waals surface area contributed by atoms with Crippen LogP contribution in [-0.4, -0.2) is 15.2 Å². The zero-order valence-electron chi connectivity index (χ0n) is 12.3. The highest BCUT2D eigenvalue weighted by atomic mass is 35.5. The summed E-state index contributed by atoms with van der Waals surface area (Å²) in [5, 5.41) is 11.8. The molecule has 0 bridgehead atoms. The zero-order valence-corrected chi connectivity index (χ0v) is 15.5. The number of hydrogen-bond donors (Lipinski definition) is 0. The summed E-state index contributed by atoms with van der Waals surface area (Å²) in [6.07, 6.45) is 1.46. The van der Waals surface area contributed by atoms with Crippen LogP contribution in [0.3, 0.4) is 0 Å². The second-order valence-corrected chi connectivity index (χ2v) is 7.45. The lowest BCUT2D eigenvalue weighted by molar-refractivity contribution is -0.385. The predicted molar refractivity (Wildman–Crippen MR) is 105 cm³/mol. The van der Waals surface area contributed by atoms with E-state index in [2.05, 4.69) is 0 Å². The molecule has 0 spiro atoms. The van der Waals surface area contributed by atoms with Gasteiger partial charge in [-0.2, -0.15) is 0 Å². The SMILES string of the molecule is O=C1C(=Cc2ccccc2[N+](=O)[O-])SC(=S)N1c1ccc(Cl)cc1Cl. The molecule has 1 heterocycles. The van der Waals surface area contributed by atoms with Gasteiger partial charge in [-0.3, -0.25) is 19.8 Å². The molecule has 0 saturated carbocycles. The van der Waals surface area contributed by atoms with Crippen LogP contribution in [-0.2, 0) is 4.79 Å². The number of rotatable bonds is 3. The molecule has 0 aliphatic carbocycles. The molecule has 9 heteroatoms. The number of nitro benzene ring substituents is 1. The Balaban J connectivity index is 2.01. The number of para-hydroxylation sites is 1. The van der Waals surface area contributed by atoms with Crippen molar-refractivity contribution in [3.8, 4) is 0 Å². The largest absolute Gasteiger partial charge is 0.276 e. The third kappa shape index (κ3) is 3.55. The number of nitrogens with zero attached hydrogens (tertiary/aromatic N) is 2. The number of thiocarbonyl (C=S) groups is 1. The van der Waals surface area contributed by atoms with Gasteiger partial charge in [0.05, 0.1) is 26.1 Å². The van der Waals surface area contributed by atoms with E-state index in [1.807, 2.05) is 0 Å². The topological polar surface area (TPSA) is 63.4 Å². The molecule has 3 rings (SSSR count). The second-order valence-electron chi connectivity index (χ2n) is 4.93. The fourth-order valence-electron chi connectivity index (χ4n) is 2.26. The second kappa shape index (κ2) is 7.13. The van der Waals surface area contributed by atoms with Crippen LogP contribution >= 0.6 is 47.2 Å². The minimum Gasteiger partial charge on any atom is -0.268 e. The van der Waals surface area contributed by atoms with Gasteiger partial charge in [0.15, 0.2) is 4.32 Å². The molecule has 2 aromatic carbocycles. The van der Waals surface area contributed by atoms with Crippen molar-refractivity contribution in [1.82, 2.24) is 0 Å². The first-order valence-electron chi connectivity index (χ1n) is 6.85. The van der Waals surface area contributed by atoms with Crippen molar-refractivity contribution in [3.63, 3.8) is 0 Å². The van der Waals surface area contributed by atoms with Gasteiger partial charge in [-0.1, -0.05) is 59.3 Å². The average Bonchev–Trinajstić information content (AvgIpc) is 2.82. The Morgan fingerprint density at radius 1 is 1.20 bits per heavy atom. The molecule has 5 nitrogen and oxygen atoms in total. The number of hydrogen-bond acceptors (Lipinski definition) is 5. The molecular weight excluding hydrogens is 403 g/mol. The van der Waals surface area contributed by atoms with E-state index in [9.17, 15) is 14.9 Å². The lowest BCUT2D eigenvalue weighted by Gasteiger charge is -2.16. The van der Waals surface area contributed by atoms with Crippen LogP contribution in [0.1, 0.15) is 5.56 Å². The third-order valence-electron chi connectivity index (χ3n) is 3.36. The van der Waals surface area contributed by atoms with Crippen molar-refractivity contribution >= 4 is 74.9 Å². The van der Waals surface area contributed by atoms with Crippen molar-refractivity contribution in [3.05, 3.63) is 73.1 Å². The van der Waals surface area contributed by atoms with Gasteiger partial charge < -0.3 is 0 Å². The summed E-state index contributed by atoms with van der Waals surface area (Å²) in [4.78, 5) is 24.9. The van der Waals surface area contributed by atoms with Gasteiger partial charge in [0.2, 0.25) is 0 Å². The third-order valence-corrected chi connectivity index (χ3v) is 5.20. The molecular formula is C16H8Cl2N2O3S2. The molecule has 1 aliphatic rings. The summed E-state index contributed by atoms with van der Waals surface area (Å²) in [6, 6.07) is 10.9. The van der Waals surface area contributed by atoms with Crippen LogP contribution in [0.25, 0.3) is 6.08 Å². The van der Waals surface area contributed by atoms with Gasteiger partial charge in [-0.25, -0.2) is 0 Å². The Hall–Kier alpha value is -1.93. The molecule has 0 radical (unpaired) electrons. The number of carbonyl (C=O) groups is 1. The fourth-order valence-corrected chi connectivity index (χ4v) is 4.02. The smallest absolute Gasteiger partial charge is 0.268 e. The predicted octanol–water partition coefficient (Wildman–Crippen LogP) is 5.31. The first-order chi connectivity index (χ1) is 11.9. The normalized spacial score (nSPS) is 15.9. The molecule has 1 amide bonds. The fraction of sp³-hybridized carbons (Fsp3) is 0. The number of thioether (sulfide) groups is 1. The number of anilines is 1. The minimum atomic E-state index is -0.497. The van der Waals surface area contributed by atoms with Crippen LogP contribution in [0.15, 0.2) is 47.4 Å². The van der Waals surface area contributed by atoms with Gasteiger partial charge in [0.25, 0.3) is 11.6 Å². The molecule has 2 aromatic rings. The zero-order chi connectivity index (χ0) is 18.1. The van der Waals surface area contributed by atoms with E-state index >= 15 is 0 Å². The van der Waals surface area contributed by atoms with E-state index in [4.69, 9.17) is 35.4 Å².